The monoisotopic (exact) mass is 222 g/mol. The smallest absolute Gasteiger partial charge is 0.126 e. The van der Waals surface area contributed by atoms with Gasteiger partial charge in [-0.2, -0.15) is 5.10 Å². The van der Waals surface area contributed by atoms with Gasteiger partial charge in [-0.1, -0.05) is 12.8 Å². The van der Waals surface area contributed by atoms with Crippen molar-refractivity contribution >= 4 is 5.82 Å². The zero-order valence-corrected chi connectivity index (χ0v) is 10.2. The van der Waals surface area contributed by atoms with Crippen molar-refractivity contribution < 1.29 is 0 Å². The molecule has 1 aromatic rings. The molecule has 0 spiro atoms. The molecule has 1 aliphatic rings. The van der Waals surface area contributed by atoms with E-state index < -0.39 is 0 Å². The van der Waals surface area contributed by atoms with Gasteiger partial charge in [0.05, 0.1) is 6.20 Å². The molecule has 0 amide bonds. The molecule has 1 saturated carbocycles. The quantitative estimate of drug-likeness (QED) is 0.820. The normalized spacial score (nSPS) is 17.4. The van der Waals surface area contributed by atoms with Crippen LogP contribution in [-0.4, -0.2) is 15.8 Å². The molecule has 3 N–H and O–H groups in total. The molecule has 0 bridgehead atoms. The van der Waals surface area contributed by atoms with Crippen molar-refractivity contribution in [3.8, 4) is 0 Å². The number of aromatic nitrogens is 2. The Hall–Kier alpha value is -1.03. The molecule has 0 saturated heterocycles. The Bertz CT molecular complexity index is 337. The van der Waals surface area contributed by atoms with Crippen molar-refractivity contribution in [3.05, 3.63) is 11.8 Å². The van der Waals surface area contributed by atoms with Gasteiger partial charge in [-0.15, -0.1) is 0 Å². The Balaban J connectivity index is 1.93. The van der Waals surface area contributed by atoms with E-state index in [2.05, 4.69) is 24.3 Å². The van der Waals surface area contributed by atoms with Crippen LogP contribution in [0.1, 0.15) is 51.1 Å². The van der Waals surface area contributed by atoms with Crippen LogP contribution < -0.4 is 11.1 Å². The van der Waals surface area contributed by atoms with Gasteiger partial charge in [0.25, 0.3) is 0 Å². The lowest BCUT2D eigenvalue weighted by Gasteiger charge is -2.12. The molecule has 1 aliphatic carbocycles. The Kier molecular flexibility index (Phi) is 3.49. The fourth-order valence-electron chi connectivity index (χ4n) is 2.34. The molecule has 2 rings (SSSR count). The van der Waals surface area contributed by atoms with Gasteiger partial charge in [0.2, 0.25) is 0 Å². The average Bonchev–Trinajstić information content (AvgIpc) is 2.84. The minimum Gasteiger partial charge on any atom is -0.384 e. The van der Waals surface area contributed by atoms with Gasteiger partial charge >= 0.3 is 0 Å². The first-order valence-electron chi connectivity index (χ1n) is 6.23. The van der Waals surface area contributed by atoms with Crippen LogP contribution in [0.25, 0.3) is 0 Å². The Morgan fingerprint density at radius 3 is 2.75 bits per heavy atom. The van der Waals surface area contributed by atoms with E-state index in [9.17, 15) is 0 Å². The van der Waals surface area contributed by atoms with Crippen LogP contribution >= 0.6 is 0 Å². The third kappa shape index (κ3) is 2.38. The van der Waals surface area contributed by atoms with Crippen LogP contribution in [0.2, 0.25) is 0 Å². The summed E-state index contributed by atoms with van der Waals surface area (Å²) in [4.78, 5) is 0. The number of nitrogens with one attached hydrogen (secondary N) is 1. The third-order valence-electron chi connectivity index (χ3n) is 3.34. The first-order chi connectivity index (χ1) is 7.68. The number of rotatable bonds is 4. The van der Waals surface area contributed by atoms with Gasteiger partial charge in [0.15, 0.2) is 0 Å². The molecule has 0 radical (unpaired) electrons. The summed E-state index contributed by atoms with van der Waals surface area (Å²) in [5.41, 5.74) is 7.18. The van der Waals surface area contributed by atoms with Crippen LogP contribution in [-0.2, 0) is 6.54 Å². The van der Waals surface area contributed by atoms with Gasteiger partial charge in [-0.3, -0.25) is 0 Å². The van der Waals surface area contributed by atoms with Crippen molar-refractivity contribution in [3.63, 3.8) is 0 Å². The molecule has 0 atom stereocenters. The fourth-order valence-corrected chi connectivity index (χ4v) is 2.34. The summed E-state index contributed by atoms with van der Waals surface area (Å²) in [6.07, 6.45) is 7.21. The number of anilines is 1. The van der Waals surface area contributed by atoms with Gasteiger partial charge in [0, 0.05) is 24.2 Å². The second-order valence-corrected chi connectivity index (χ2v) is 4.96. The topological polar surface area (TPSA) is 55.9 Å². The predicted molar refractivity (Wildman–Crippen MR) is 66.1 cm³/mol. The lowest BCUT2D eigenvalue weighted by atomic mass is 10.2. The zero-order chi connectivity index (χ0) is 11.5. The number of hydrogen-bond acceptors (Lipinski definition) is 3. The first kappa shape index (κ1) is 11.5. The second-order valence-electron chi connectivity index (χ2n) is 4.96. The van der Waals surface area contributed by atoms with Crippen molar-refractivity contribution in [2.75, 3.05) is 5.73 Å². The van der Waals surface area contributed by atoms with Crippen molar-refractivity contribution in [1.82, 2.24) is 15.1 Å². The predicted octanol–water partition coefficient (Wildman–Crippen LogP) is 2.08. The molecule has 0 aliphatic heterocycles. The number of hydrogen-bond donors (Lipinski definition) is 2. The third-order valence-corrected chi connectivity index (χ3v) is 3.34. The average molecular weight is 222 g/mol. The Morgan fingerprint density at radius 2 is 2.19 bits per heavy atom. The summed E-state index contributed by atoms with van der Waals surface area (Å²) >= 11 is 0. The summed E-state index contributed by atoms with van der Waals surface area (Å²) in [5, 5.41) is 7.87. The molecule has 0 unspecified atom stereocenters. The highest BCUT2D eigenvalue weighted by Crippen LogP contribution is 2.20. The molecule has 1 heterocycles. The van der Waals surface area contributed by atoms with E-state index >= 15 is 0 Å². The zero-order valence-electron chi connectivity index (χ0n) is 10.2. The first-order valence-corrected chi connectivity index (χ1v) is 6.23. The molecule has 1 fully saturated rings. The highest BCUT2D eigenvalue weighted by molar-refractivity contribution is 5.38. The molecule has 16 heavy (non-hydrogen) atoms. The van der Waals surface area contributed by atoms with Crippen molar-refractivity contribution in [1.29, 1.82) is 0 Å². The Morgan fingerprint density at radius 1 is 1.50 bits per heavy atom. The van der Waals surface area contributed by atoms with Crippen molar-refractivity contribution in [2.45, 2.75) is 58.2 Å². The number of nitrogens with zero attached hydrogens (tertiary/aromatic N) is 2. The highest BCUT2D eigenvalue weighted by Gasteiger charge is 2.15. The van der Waals surface area contributed by atoms with E-state index in [0.29, 0.717) is 12.1 Å². The van der Waals surface area contributed by atoms with Gasteiger partial charge in [-0.05, 0) is 26.7 Å². The summed E-state index contributed by atoms with van der Waals surface area (Å²) in [6, 6.07) is 1.02. The molecule has 0 aromatic carbocycles. The van der Waals surface area contributed by atoms with Crippen LogP contribution in [0.4, 0.5) is 5.82 Å². The van der Waals surface area contributed by atoms with E-state index in [1.54, 1.807) is 0 Å². The summed E-state index contributed by atoms with van der Waals surface area (Å²) in [5.74, 6) is 0.806. The highest BCUT2D eigenvalue weighted by atomic mass is 15.3. The number of nitrogens with two attached hydrogens (primary N) is 1. The van der Waals surface area contributed by atoms with Crippen LogP contribution in [0.5, 0.6) is 0 Å². The molecule has 4 nitrogen and oxygen atoms in total. The van der Waals surface area contributed by atoms with Crippen LogP contribution in [0.3, 0.4) is 0 Å². The minimum absolute atomic E-state index is 0.334. The lowest BCUT2D eigenvalue weighted by Crippen LogP contribution is -2.25. The van der Waals surface area contributed by atoms with Crippen LogP contribution in [0, 0.1) is 0 Å². The maximum atomic E-state index is 6.05. The largest absolute Gasteiger partial charge is 0.384 e. The van der Waals surface area contributed by atoms with E-state index in [-0.39, 0.29) is 0 Å². The molecular weight excluding hydrogens is 200 g/mol. The van der Waals surface area contributed by atoms with Crippen LogP contribution in [0.15, 0.2) is 6.20 Å². The van der Waals surface area contributed by atoms with Gasteiger partial charge < -0.3 is 11.1 Å². The minimum atomic E-state index is 0.334. The molecule has 4 heteroatoms. The summed E-state index contributed by atoms with van der Waals surface area (Å²) in [6.45, 7) is 5.04. The van der Waals surface area contributed by atoms with E-state index in [1.807, 2.05) is 10.9 Å². The summed E-state index contributed by atoms with van der Waals surface area (Å²) < 4.78 is 1.88. The molecule has 90 valence electrons. The fraction of sp³-hybridized carbons (Fsp3) is 0.750. The molecule has 1 aromatic heterocycles. The second kappa shape index (κ2) is 4.87. The maximum Gasteiger partial charge on any atom is 0.126 e. The van der Waals surface area contributed by atoms with E-state index in [4.69, 9.17) is 5.73 Å². The SMILES string of the molecule is CC(C)n1ncc(CNC2CCCC2)c1N. The Labute approximate surface area is 97.2 Å². The maximum absolute atomic E-state index is 6.05. The summed E-state index contributed by atoms with van der Waals surface area (Å²) in [7, 11) is 0. The van der Waals surface area contributed by atoms with Crippen molar-refractivity contribution in [2.24, 2.45) is 0 Å². The van der Waals surface area contributed by atoms with E-state index in [0.717, 1.165) is 17.9 Å². The standard InChI is InChI=1S/C12H22N4/c1-9(2)16-12(13)10(8-15-16)7-14-11-5-3-4-6-11/h8-9,11,14H,3-7,13H2,1-2H3. The lowest BCUT2D eigenvalue weighted by molar-refractivity contribution is 0.522. The molecular formula is C12H22N4. The number of nitrogen functional groups attached to an aromatic ring is 1. The van der Waals surface area contributed by atoms with Gasteiger partial charge in [-0.25, -0.2) is 4.68 Å². The van der Waals surface area contributed by atoms with E-state index in [1.165, 1.54) is 25.7 Å². The van der Waals surface area contributed by atoms with Gasteiger partial charge in [0.1, 0.15) is 5.82 Å².